The molecule has 1 aromatic carbocycles. The molecule has 0 radical (unpaired) electrons. The number of benzene rings is 1. The summed E-state index contributed by atoms with van der Waals surface area (Å²) < 4.78 is 5.39. The van der Waals surface area contributed by atoms with E-state index in [9.17, 15) is 0 Å². The van der Waals surface area contributed by atoms with Crippen LogP contribution in [0.3, 0.4) is 0 Å². The first-order valence-corrected chi connectivity index (χ1v) is 6.47. The Morgan fingerprint density at radius 2 is 1.95 bits per heavy atom. The molecule has 1 heterocycles. The lowest BCUT2D eigenvalue weighted by Crippen LogP contribution is -2.26. The molecule has 0 bridgehead atoms. The smallest absolute Gasteiger partial charge is 0.230 e. The number of hydrogen-bond acceptors (Lipinski definition) is 4. The molecule has 1 aliphatic carbocycles. The minimum absolute atomic E-state index is 0. The molecule has 0 saturated heterocycles. The number of halogens is 1. The van der Waals surface area contributed by atoms with Gasteiger partial charge in [-0.15, -0.1) is 12.4 Å². The summed E-state index contributed by atoms with van der Waals surface area (Å²) >= 11 is 0. The zero-order chi connectivity index (χ0) is 12.4. The Labute approximate surface area is 118 Å². The molecule has 0 aliphatic heterocycles. The van der Waals surface area contributed by atoms with E-state index >= 15 is 0 Å². The third kappa shape index (κ3) is 3.14. The molecule has 102 valence electrons. The molecule has 0 spiro atoms. The van der Waals surface area contributed by atoms with Gasteiger partial charge in [0.2, 0.25) is 11.7 Å². The largest absolute Gasteiger partial charge is 0.339 e. The van der Waals surface area contributed by atoms with E-state index in [1.54, 1.807) is 0 Å². The first kappa shape index (κ1) is 14.0. The van der Waals surface area contributed by atoms with Crippen molar-refractivity contribution >= 4 is 12.4 Å². The third-order valence-electron chi connectivity index (χ3n) is 3.54. The molecule has 3 rings (SSSR count). The second-order valence-electron chi connectivity index (χ2n) is 4.95. The normalized spacial score (nSPS) is 22.8. The van der Waals surface area contributed by atoms with Crippen LogP contribution in [0.5, 0.6) is 0 Å². The van der Waals surface area contributed by atoms with Crippen LogP contribution in [-0.2, 0) is 0 Å². The predicted octanol–water partition coefficient (Wildman–Crippen LogP) is 3.14. The van der Waals surface area contributed by atoms with Gasteiger partial charge in [-0.05, 0) is 19.3 Å². The summed E-state index contributed by atoms with van der Waals surface area (Å²) in [5.74, 6) is 1.74. The van der Waals surface area contributed by atoms with E-state index in [4.69, 9.17) is 10.3 Å². The standard InChI is InChI=1S/C14H17N3O.ClH/c15-12-8-4-7-11(9-12)14-16-13(17-18-14)10-5-2-1-3-6-10;/h1-3,5-6,11-12H,4,7-9,15H2;1H. The van der Waals surface area contributed by atoms with E-state index in [2.05, 4.69) is 10.1 Å². The highest BCUT2D eigenvalue weighted by Crippen LogP contribution is 2.32. The summed E-state index contributed by atoms with van der Waals surface area (Å²) in [6.07, 6.45) is 4.31. The average molecular weight is 280 g/mol. The van der Waals surface area contributed by atoms with Gasteiger partial charge in [-0.2, -0.15) is 4.98 Å². The van der Waals surface area contributed by atoms with Crippen molar-refractivity contribution in [3.05, 3.63) is 36.2 Å². The second kappa shape index (κ2) is 6.17. The van der Waals surface area contributed by atoms with Crippen molar-refractivity contribution in [3.63, 3.8) is 0 Å². The summed E-state index contributed by atoms with van der Waals surface area (Å²) in [5, 5.41) is 4.06. The highest BCUT2D eigenvalue weighted by atomic mass is 35.5. The SMILES string of the molecule is Cl.NC1CCCC(c2nc(-c3ccccc3)no2)C1. The molecule has 4 nitrogen and oxygen atoms in total. The van der Waals surface area contributed by atoms with E-state index in [1.165, 1.54) is 0 Å². The molecule has 1 aliphatic rings. The first-order chi connectivity index (χ1) is 8.83. The van der Waals surface area contributed by atoms with Gasteiger partial charge < -0.3 is 10.3 Å². The highest BCUT2D eigenvalue weighted by molar-refractivity contribution is 5.85. The topological polar surface area (TPSA) is 64.9 Å². The second-order valence-corrected chi connectivity index (χ2v) is 4.95. The van der Waals surface area contributed by atoms with Gasteiger partial charge in [-0.1, -0.05) is 41.9 Å². The number of nitrogens with zero attached hydrogens (tertiary/aromatic N) is 2. The summed E-state index contributed by atoms with van der Waals surface area (Å²) in [7, 11) is 0. The molecule has 2 atom stereocenters. The van der Waals surface area contributed by atoms with Crippen LogP contribution in [0.1, 0.15) is 37.5 Å². The maximum Gasteiger partial charge on any atom is 0.230 e. The quantitative estimate of drug-likeness (QED) is 0.917. The summed E-state index contributed by atoms with van der Waals surface area (Å²) in [4.78, 5) is 4.51. The van der Waals surface area contributed by atoms with Crippen molar-refractivity contribution in [2.45, 2.75) is 37.6 Å². The van der Waals surface area contributed by atoms with Gasteiger partial charge >= 0.3 is 0 Å². The van der Waals surface area contributed by atoms with E-state index in [0.717, 1.165) is 37.1 Å². The minimum atomic E-state index is 0. The molecule has 2 unspecified atom stereocenters. The molecule has 19 heavy (non-hydrogen) atoms. The number of rotatable bonds is 2. The van der Waals surface area contributed by atoms with Gasteiger partial charge in [-0.3, -0.25) is 0 Å². The maximum atomic E-state index is 5.99. The zero-order valence-corrected chi connectivity index (χ0v) is 11.5. The van der Waals surface area contributed by atoms with Crippen LogP contribution >= 0.6 is 12.4 Å². The average Bonchev–Trinajstić information content (AvgIpc) is 2.89. The van der Waals surface area contributed by atoms with Crippen molar-refractivity contribution in [1.82, 2.24) is 10.1 Å². The molecule has 1 aromatic heterocycles. The van der Waals surface area contributed by atoms with Gasteiger partial charge in [0.25, 0.3) is 0 Å². The molecule has 1 saturated carbocycles. The Balaban J connectivity index is 0.00000133. The lowest BCUT2D eigenvalue weighted by atomic mass is 9.86. The number of nitrogens with two attached hydrogens (primary N) is 1. The van der Waals surface area contributed by atoms with Crippen LogP contribution in [-0.4, -0.2) is 16.2 Å². The number of aromatic nitrogens is 2. The van der Waals surface area contributed by atoms with Crippen LogP contribution in [0.2, 0.25) is 0 Å². The van der Waals surface area contributed by atoms with Crippen LogP contribution in [0.15, 0.2) is 34.9 Å². The molecule has 2 N–H and O–H groups in total. The molecular weight excluding hydrogens is 262 g/mol. The maximum absolute atomic E-state index is 5.99. The Hall–Kier alpha value is -1.39. The summed E-state index contributed by atoms with van der Waals surface area (Å²) in [6.45, 7) is 0. The van der Waals surface area contributed by atoms with Crippen LogP contribution in [0.4, 0.5) is 0 Å². The zero-order valence-electron chi connectivity index (χ0n) is 10.7. The Morgan fingerprint density at radius 1 is 1.16 bits per heavy atom. The van der Waals surface area contributed by atoms with Crippen molar-refractivity contribution in [3.8, 4) is 11.4 Å². The van der Waals surface area contributed by atoms with Gasteiger partial charge in [0.05, 0.1) is 0 Å². The Bertz CT molecular complexity index is 514. The van der Waals surface area contributed by atoms with E-state index in [-0.39, 0.29) is 18.4 Å². The lowest BCUT2D eigenvalue weighted by Gasteiger charge is -2.23. The summed E-state index contributed by atoms with van der Waals surface area (Å²) in [6, 6.07) is 10.2. The van der Waals surface area contributed by atoms with E-state index in [1.807, 2.05) is 30.3 Å². The van der Waals surface area contributed by atoms with Crippen LogP contribution in [0.25, 0.3) is 11.4 Å². The molecule has 5 heteroatoms. The number of hydrogen-bond donors (Lipinski definition) is 1. The lowest BCUT2D eigenvalue weighted by molar-refractivity contribution is 0.299. The first-order valence-electron chi connectivity index (χ1n) is 6.47. The molecule has 1 fully saturated rings. The van der Waals surface area contributed by atoms with Gasteiger partial charge in [0, 0.05) is 17.5 Å². The highest BCUT2D eigenvalue weighted by Gasteiger charge is 2.25. The van der Waals surface area contributed by atoms with Gasteiger partial charge in [-0.25, -0.2) is 0 Å². The minimum Gasteiger partial charge on any atom is -0.339 e. The summed E-state index contributed by atoms with van der Waals surface area (Å²) in [5.41, 5.74) is 6.98. The van der Waals surface area contributed by atoms with Crippen molar-refractivity contribution in [2.24, 2.45) is 5.73 Å². The van der Waals surface area contributed by atoms with Gasteiger partial charge in [0.15, 0.2) is 0 Å². The fourth-order valence-corrected chi connectivity index (χ4v) is 2.56. The van der Waals surface area contributed by atoms with Crippen LogP contribution in [0, 0.1) is 0 Å². The molecular formula is C14H18ClN3O. The van der Waals surface area contributed by atoms with Crippen molar-refractivity contribution in [1.29, 1.82) is 0 Å². The molecule has 2 aromatic rings. The van der Waals surface area contributed by atoms with Crippen molar-refractivity contribution < 1.29 is 4.52 Å². The van der Waals surface area contributed by atoms with E-state index in [0.29, 0.717) is 11.7 Å². The van der Waals surface area contributed by atoms with Gasteiger partial charge in [0.1, 0.15) is 0 Å². The van der Waals surface area contributed by atoms with E-state index < -0.39 is 0 Å². The van der Waals surface area contributed by atoms with Crippen molar-refractivity contribution in [2.75, 3.05) is 0 Å². The Kier molecular flexibility index (Phi) is 4.56. The predicted molar refractivity (Wildman–Crippen MR) is 76.2 cm³/mol. The Morgan fingerprint density at radius 3 is 2.68 bits per heavy atom. The monoisotopic (exact) mass is 279 g/mol. The fraction of sp³-hybridized carbons (Fsp3) is 0.429. The fourth-order valence-electron chi connectivity index (χ4n) is 2.56. The third-order valence-corrected chi connectivity index (χ3v) is 3.54. The molecule has 0 amide bonds. The van der Waals surface area contributed by atoms with Crippen LogP contribution < -0.4 is 5.73 Å².